The molecule has 7 heteroatoms. The molecule has 6 nitrogen and oxygen atoms in total. The second kappa shape index (κ2) is 8.27. The summed E-state index contributed by atoms with van der Waals surface area (Å²) in [5, 5.41) is 3.72. The third-order valence-corrected chi connectivity index (χ3v) is 6.32. The van der Waals surface area contributed by atoms with Crippen LogP contribution in [-0.4, -0.2) is 43.0 Å². The molecule has 0 atom stereocenters. The number of hydrogen-bond acceptors (Lipinski definition) is 5. The number of hydrogen-bond donors (Lipinski definition) is 1. The number of aryl methyl sites for hydroxylation is 2. The zero-order chi connectivity index (χ0) is 18.6. The van der Waals surface area contributed by atoms with Gasteiger partial charge in [0.05, 0.1) is 25.0 Å². The number of morpholine rings is 1. The standard InChI is InChI=1S/C20H24N2O4S/c23-17(8-7-14-4-3-11-26-14)21-19-18(15-5-1-2-6-16(15)27-19)20(24)22-9-12-25-13-10-22/h3-4,11H,1-2,5-10,12-13H2,(H,21,23). The molecule has 0 bridgehead atoms. The second-order valence-corrected chi connectivity index (χ2v) is 8.05. The number of carbonyl (C=O) groups excluding carboxylic acids is 2. The SMILES string of the molecule is O=C(CCc1ccco1)Nc1sc2c(c1C(=O)N1CCOCC1)CCCC2. The minimum atomic E-state index is -0.0824. The fourth-order valence-electron chi connectivity index (χ4n) is 3.69. The summed E-state index contributed by atoms with van der Waals surface area (Å²) in [5.74, 6) is 0.736. The fourth-order valence-corrected chi connectivity index (χ4v) is 4.98. The largest absolute Gasteiger partial charge is 0.469 e. The van der Waals surface area contributed by atoms with Gasteiger partial charge in [-0.1, -0.05) is 0 Å². The van der Waals surface area contributed by atoms with E-state index in [9.17, 15) is 9.59 Å². The van der Waals surface area contributed by atoms with E-state index in [2.05, 4.69) is 5.32 Å². The van der Waals surface area contributed by atoms with Crippen molar-refractivity contribution in [3.05, 3.63) is 40.2 Å². The minimum absolute atomic E-state index is 0.0269. The summed E-state index contributed by atoms with van der Waals surface area (Å²) in [6, 6.07) is 3.68. The van der Waals surface area contributed by atoms with Gasteiger partial charge in [0, 0.05) is 30.8 Å². The van der Waals surface area contributed by atoms with Crippen molar-refractivity contribution in [1.29, 1.82) is 0 Å². The third kappa shape index (κ3) is 4.09. The minimum Gasteiger partial charge on any atom is -0.469 e. The highest BCUT2D eigenvalue weighted by Crippen LogP contribution is 2.39. The summed E-state index contributed by atoms with van der Waals surface area (Å²) in [5.41, 5.74) is 1.85. The fraction of sp³-hybridized carbons (Fsp3) is 0.500. The van der Waals surface area contributed by atoms with Gasteiger partial charge < -0.3 is 19.4 Å². The maximum absolute atomic E-state index is 13.2. The zero-order valence-corrected chi connectivity index (χ0v) is 16.1. The van der Waals surface area contributed by atoms with Crippen molar-refractivity contribution in [2.45, 2.75) is 38.5 Å². The van der Waals surface area contributed by atoms with Gasteiger partial charge in [0.1, 0.15) is 10.8 Å². The molecule has 27 heavy (non-hydrogen) atoms. The van der Waals surface area contributed by atoms with Crippen molar-refractivity contribution in [3.8, 4) is 0 Å². The summed E-state index contributed by atoms with van der Waals surface area (Å²) in [6.07, 6.45) is 6.65. The van der Waals surface area contributed by atoms with E-state index in [-0.39, 0.29) is 11.8 Å². The molecule has 2 aliphatic rings. The molecule has 0 unspecified atom stereocenters. The molecule has 2 aromatic heterocycles. The number of carbonyl (C=O) groups is 2. The van der Waals surface area contributed by atoms with Gasteiger partial charge in [-0.05, 0) is 43.4 Å². The van der Waals surface area contributed by atoms with E-state index < -0.39 is 0 Å². The lowest BCUT2D eigenvalue weighted by Crippen LogP contribution is -2.41. The number of rotatable bonds is 5. The van der Waals surface area contributed by atoms with Crippen molar-refractivity contribution in [2.24, 2.45) is 0 Å². The monoisotopic (exact) mass is 388 g/mol. The van der Waals surface area contributed by atoms with Crippen LogP contribution >= 0.6 is 11.3 Å². The van der Waals surface area contributed by atoms with E-state index >= 15 is 0 Å². The molecule has 0 saturated carbocycles. The third-order valence-electron chi connectivity index (χ3n) is 5.11. The first-order chi connectivity index (χ1) is 13.2. The van der Waals surface area contributed by atoms with Crippen molar-refractivity contribution in [3.63, 3.8) is 0 Å². The zero-order valence-electron chi connectivity index (χ0n) is 15.3. The smallest absolute Gasteiger partial charge is 0.257 e. The first kappa shape index (κ1) is 18.3. The van der Waals surface area contributed by atoms with Crippen LogP contribution in [0.5, 0.6) is 0 Å². The molecule has 0 aromatic carbocycles. The molecule has 1 N–H and O–H groups in total. The Morgan fingerprint density at radius 1 is 1.19 bits per heavy atom. The van der Waals surface area contributed by atoms with Gasteiger partial charge in [0.15, 0.2) is 0 Å². The summed E-state index contributed by atoms with van der Waals surface area (Å²) >= 11 is 1.57. The number of thiophene rings is 1. The number of furan rings is 1. The molecule has 1 aliphatic carbocycles. The molecule has 144 valence electrons. The van der Waals surface area contributed by atoms with Crippen LogP contribution in [0.2, 0.25) is 0 Å². The van der Waals surface area contributed by atoms with Crippen LogP contribution in [0.4, 0.5) is 5.00 Å². The number of ether oxygens (including phenoxy) is 1. The van der Waals surface area contributed by atoms with E-state index in [1.165, 1.54) is 4.88 Å². The number of fused-ring (bicyclic) bond motifs is 1. The van der Waals surface area contributed by atoms with Gasteiger partial charge >= 0.3 is 0 Å². The van der Waals surface area contributed by atoms with Crippen LogP contribution in [0.25, 0.3) is 0 Å². The Labute approximate surface area is 162 Å². The van der Waals surface area contributed by atoms with Crippen LogP contribution in [0.3, 0.4) is 0 Å². The average Bonchev–Trinajstić information content (AvgIpc) is 3.34. The Morgan fingerprint density at radius 3 is 2.78 bits per heavy atom. The van der Waals surface area contributed by atoms with Crippen molar-refractivity contribution in [1.82, 2.24) is 4.90 Å². The molecule has 2 aromatic rings. The normalized spacial score (nSPS) is 16.8. The Kier molecular flexibility index (Phi) is 5.59. The number of anilines is 1. The highest BCUT2D eigenvalue weighted by Gasteiger charge is 2.29. The molecule has 0 spiro atoms. The molecule has 3 heterocycles. The molecule has 1 aliphatic heterocycles. The highest BCUT2D eigenvalue weighted by atomic mass is 32.1. The van der Waals surface area contributed by atoms with E-state index in [4.69, 9.17) is 9.15 Å². The van der Waals surface area contributed by atoms with Crippen LogP contribution in [0.1, 0.15) is 45.8 Å². The van der Waals surface area contributed by atoms with E-state index in [0.717, 1.165) is 37.0 Å². The average molecular weight is 388 g/mol. The van der Waals surface area contributed by atoms with E-state index in [1.54, 1.807) is 17.6 Å². The second-order valence-electron chi connectivity index (χ2n) is 6.95. The van der Waals surface area contributed by atoms with Gasteiger partial charge in [0.2, 0.25) is 5.91 Å². The lowest BCUT2D eigenvalue weighted by Gasteiger charge is -2.27. The Balaban J connectivity index is 1.53. The lowest BCUT2D eigenvalue weighted by atomic mass is 9.95. The molecule has 1 saturated heterocycles. The molecular weight excluding hydrogens is 364 g/mol. The van der Waals surface area contributed by atoms with Gasteiger partial charge in [-0.3, -0.25) is 9.59 Å². The van der Waals surface area contributed by atoms with Crippen molar-refractivity contribution < 1.29 is 18.7 Å². The van der Waals surface area contributed by atoms with E-state index in [1.807, 2.05) is 17.0 Å². The number of amides is 2. The maximum atomic E-state index is 13.2. The van der Waals surface area contributed by atoms with Crippen molar-refractivity contribution in [2.75, 3.05) is 31.6 Å². The molecule has 2 amide bonds. The predicted molar refractivity (Wildman–Crippen MR) is 103 cm³/mol. The first-order valence-corrected chi connectivity index (χ1v) is 10.4. The van der Waals surface area contributed by atoms with E-state index in [0.29, 0.717) is 49.7 Å². The highest BCUT2D eigenvalue weighted by molar-refractivity contribution is 7.17. The van der Waals surface area contributed by atoms with Crippen molar-refractivity contribution >= 4 is 28.2 Å². The predicted octanol–water partition coefficient (Wildman–Crippen LogP) is 3.26. The van der Waals surface area contributed by atoms with Gasteiger partial charge in [-0.15, -0.1) is 11.3 Å². The van der Waals surface area contributed by atoms with Gasteiger partial charge in [0.25, 0.3) is 5.91 Å². The summed E-state index contributed by atoms with van der Waals surface area (Å²) in [4.78, 5) is 28.8. The topological polar surface area (TPSA) is 71.8 Å². The molecule has 1 fully saturated rings. The summed E-state index contributed by atoms with van der Waals surface area (Å²) in [6.45, 7) is 2.36. The van der Waals surface area contributed by atoms with Gasteiger partial charge in [-0.2, -0.15) is 0 Å². The maximum Gasteiger partial charge on any atom is 0.257 e. The number of nitrogens with zero attached hydrogens (tertiary/aromatic N) is 1. The molecular formula is C20H24N2O4S. The van der Waals surface area contributed by atoms with Gasteiger partial charge in [-0.25, -0.2) is 0 Å². The number of nitrogens with one attached hydrogen (secondary N) is 1. The Bertz CT molecular complexity index is 806. The Hall–Kier alpha value is -2.12. The van der Waals surface area contributed by atoms with Crippen LogP contribution in [0.15, 0.2) is 22.8 Å². The summed E-state index contributed by atoms with van der Waals surface area (Å²) in [7, 11) is 0. The first-order valence-electron chi connectivity index (χ1n) is 9.56. The molecule has 4 rings (SSSR count). The van der Waals surface area contributed by atoms with Crippen LogP contribution in [-0.2, 0) is 28.8 Å². The quantitative estimate of drug-likeness (QED) is 0.853. The lowest BCUT2D eigenvalue weighted by molar-refractivity contribution is -0.116. The summed E-state index contributed by atoms with van der Waals surface area (Å²) < 4.78 is 10.7. The Morgan fingerprint density at radius 2 is 2.00 bits per heavy atom. The van der Waals surface area contributed by atoms with Crippen LogP contribution < -0.4 is 5.32 Å². The molecule has 0 radical (unpaired) electrons. The van der Waals surface area contributed by atoms with Crippen LogP contribution in [0, 0.1) is 0 Å².